The summed E-state index contributed by atoms with van der Waals surface area (Å²) < 4.78 is 45.4. The number of likely N-dealkylation sites (tertiary alicyclic amines) is 2. The van der Waals surface area contributed by atoms with Gasteiger partial charge in [0, 0.05) is 39.1 Å². The van der Waals surface area contributed by atoms with Crippen LogP contribution in [0.4, 0.5) is 13.2 Å². The van der Waals surface area contributed by atoms with E-state index in [1.54, 1.807) is 12.0 Å². The summed E-state index contributed by atoms with van der Waals surface area (Å²) in [5.41, 5.74) is -2.45. The van der Waals surface area contributed by atoms with Crippen molar-refractivity contribution in [2.24, 2.45) is 0 Å². The lowest BCUT2D eigenvalue weighted by molar-refractivity contribution is -0.144. The normalized spacial score (nSPS) is 27.2. The molecule has 1 saturated carbocycles. The molecular weight excluding hydrogens is 413 g/mol. The summed E-state index contributed by atoms with van der Waals surface area (Å²) in [4.78, 5) is 42.1. The van der Waals surface area contributed by atoms with Gasteiger partial charge in [0.25, 0.3) is 0 Å². The molecule has 3 amide bonds. The molecule has 6 nitrogen and oxygen atoms in total. The first-order chi connectivity index (χ1) is 14.7. The van der Waals surface area contributed by atoms with Crippen molar-refractivity contribution < 1.29 is 32.3 Å². The zero-order chi connectivity index (χ0) is 22.4. The number of benzene rings is 1. The van der Waals surface area contributed by atoms with Crippen LogP contribution in [-0.2, 0) is 30.7 Å². The Labute approximate surface area is 178 Å². The van der Waals surface area contributed by atoms with Crippen LogP contribution in [0.15, 0.2) is 24.3 Å². The van der Waals surface area contributed by atoms with Crippen molar-refractivity contribution in [3.63, 3.8) is 0 Å². The average molecular weight is 438 g/mol. The van der Waals surface area contributed by atoms with E-state index in [1.165, 1.54) is 17.0 Å². The van der Waals surface area contributed by atoms with Crippen molar-refractivity contribution in [3.05, 3.63) is 35.4 Å². The SMILES string of the molecule is CO[C@@H]1CCCN(C(=O)C[C@@]2(c3cccc(C(F)(F)F)c3)CC(=O)N(C3CC3)C2=O)C1. The first-order valence-electron chi connectivity index (χ1n) is 10.5. The van der Waals surface area contributed by atoms with Gasteiger partial charge in [0.05, 0.1) is 17.1 Å². The van der Waals surface area contributed by atoms with Crippen LogP contribution in [0.5, 0.6) is 0 Å². The number of piperidine rings is 1. The number of amides is 3. The van der Waals surface area contributed by atoms with E-state index in [0.717, 1.165) is 25.0 Å². The van der Waals surface area contributed by atoms with E-state index in [1.807, 2.05) is 0 Å². The highest BCUT2D eigenvalue weighted by atomic mass is 19.4. The van der Waals surface area contributed by atoms with E-state index in [9.17, 15) is 27.6 Å². The van der Waals surface area contributed by atoms with Crippen LogP contribution in [0.2, 0.25) is 0 Å². The molecule has 3 aliphatic rings. The molecule has 0 bridgehead atoms. The molecule has 1 aromatic rings. The summed E-state index contributed by atoms with van der Waals surface area (Å²) in [5.74, 6) is -1.34. The maximum atomic E-state index is 13.4. The van der Waals surface area contributed by atoms with Gasteiger partial charge in [0.1, 0.15) is 0 Å². The number of hydrogen-bond donors (Lipinski definition) is 0. The van der Waals surface area contributed by atoms with Gasteiger partial charge in [-0.1, -0.05) is 18.2 Å². The number of nitrogens with zero attached hydrogens (tertiary/aromatic N) is 2. The number of imide groups is 1. The zero-order valence-electron chi connectivity index (χ0n) is 17.3. The highest BCUT2D eigenvalue weighted by Crippen LogP contribution is 2.45. The Morgan fingerprint density at radius 2 is 1.97 bits per heavy atom. The third kappa shape index (κ3) is 4.07. The molecule has 2 saturated heterocycles. The summed E-state index contributed by atoms with van der Waals surface area (Å²) in [7, 11) is 1.56. The Hall–Kier alpha value is -2.42. The Kier molecular flexibility index (Phi) is 5.57. The largest absolute Gasteiger partial charge is 0.416 e. The van der Waals surface area contributed by atoms with Crippen LogP contribution in [0.3, 0.4) is 0 Å². The molecule has 0 unspecified atom stereocenters. The average Bonchev–Trinajstić information content (AvgIpc) is 3.54. The number of hydrogen-bond acceptors (Lipinski definition) is 4. The molecule has 2 atom stereocenters. The van der Waals surface area contributed by atoms with Gasteiger partial charge in [-0.3, -0.25) is 19.3 Å². The lowest BCUT2D eigenvalue weighted by atomic mass is 9.75. The Balaban J connectivity index is 1.70. The highest BCUT2D eigenvalue weighted by Gasteiger charge is 2.57. The monoisotopic (exact) mass is 438 g/mol. The number of ether oxygens (including phenoxy) is 1. The van der Waals surface area contributed by atoms with Crippen molar-refractivity contribution in [2.75, 3.05) is 20.2 Å². The molecule has 0 N–H and O–H groups in total. The standard InChI is InChI=1S/C22H25F3N2O4/c1-31-17-6-3-9-26(13-17)18(28)11-21(12-19(29)27(20(21)30)16-7-8-16)14-4-2-5-15(10-14)22(23,24)25/h2,4-5,10,16-17H,3,6-9,11-13H2,1H3/t17-,21+/m1/s1. The molecule has 3 fully saturated rings. The van der Waals surface area contributed by atoms with Gasteiger partial charge in [-0.15, -0.1) is 0 Å². The van der Waals surface area contributed by atoms with E-state index in [2.05, 4.69) is 0 Å². The number of rotatable bonds is 5. The lowest BCUT2D eigenvalue weighted by Crippen LogP contribution is -2.47. The van der Waals surface area contributed by atoms with E-state index < -0.39 is 29.0 Å². The van der Waals surface area contributed by atoms with Crippen LogP contribution in [0.1, 0.15) is 49.7 Å². The second-order valence-corrected chi connectivity index (χ2v) is 8.65. The molecule has 2 aliphatic heterocycles. The van der Waals surface area contributed by atoms with Crippen molar-refractivity contribution >= 4 is 17.7 Å². The van der Waals surface area contributed by atoms with Crippen molar-refractivity contribution in [1.29, 1.82) is 0 Å². The lowest BCUT2D eigenvalue weighted by Gasteiger charge is -2.35. The predicted molar refractivity (Wildman–Crippen MR) is 104 cm³/mol. The maximum absolute atomic E-state index is 13.4. The Bertz CT molecular complexity index is 899. The van der Waals surface area contributed by atoms with Gasteiger partial charge in [0.2, 0.25) is 17.7 Å². The summed E-state index contributed by atoms with van der Waals surface area (Å²) in [6, 6.07) is 4.26. The van der Waals surface area contributed by atoms with Gasteiger partial charge in [0.15, 0.2) is 0 Å². The molecule has 1 aromatic carbocycles. The molecule has 1 aliphatic carbocycles. The number of carbonyl (C=O) groups excluding carboxylic acids is 3. The van der Waals surface area contributed by atoms with Crippen LogP contribution < -0.4 is 0 Å². The van der Waals surface area contributed by atoms with Crippen LogP contribution in [0.25, 0.3) is 0 Å². The fraction of sp³-hybridized carbons (Fsp3) is 0.591. The fourth-order valence-electron chi connectivity index (χ4n) is 4.65. The maximum Gasteiger partial charge on any atom is 0.416 e. The first kappa shape index (κ1) is 21.8. The predicted octanol–water partition coefficient (Wildman–Crippen LogP) is 2.89. The first-order valence-corrected chi connectivity index (χ1v) is 10.5. The molecule has 4 rings (SSSR count). The topological polar surface area (TPSA) is 66.9 Å². The van der Waals surface area contributed by atoms with Crippen LogP contribution >= 0.6 is 0 Å². The number of methoxy groups -OCH3 is 1. The van der Waals surface area contributed by atoms with Crippen LogP contribution in [0, 0.1) is 0 Å². The summed E-state index contributed by atoms with van der Waals surface area (Å²) in [6.45, 7) is 0.855. The van der Waals surface area contributed by atoms with Gasteiger partial charge in [-0.25, -0.2) is 0 Å². The molecule has 2 heterocycles. The highest BCUT2D eigenvalue weighted by molar-refractivity contribution is 6.11. The number of halogens is 3. The molecule has 0 spiro atoms. The van der Waals surface area contributed by atoms with Crippen molar-refractivity contribution in [1.82, 2.24) is 9.80 Å². The Morgan fingerprint density at radius 3 is 2.61 bits per heavy atom. The molecule has 0 radical (unpaired) electrons. The second-order valence-electron chi connectivity index (χ2n) is 8.65. The van der Waals surface area contributed by atoms with Gasteiger partial charge >= 0.3 is 6.18 Å². The minimum atomic E-state index is -4.60. The summed E-state index contributed by atoms with van der Waals surface area (Å²) in [5, 5.41) is 0. The van der Waals surface area contributed by atoms with E-state index in [-0.39, 0.29) is 36.5 Å². The minimum Gasteiger partial charge on any atom is -0.380 e. The van der Waals surface area contributed by atoms with E-state index in [4.69, 9.17) is 4.74 Å². The molecule has 31 heavy (non-hydrogen) atoms. The third-order valence-corrected chi connectivity index (χ3v) is 6.52. The quantitative estimate of drug-likeness (QED) is 0.663. The third-order valence-electron chi connectivity index (χ3n) is 6.52. The molecule has 168 valence electrons. The van der Waals surface area contributed by atoms with E-state index >= 15 is 0 Å². The van der Waals surface area contributed by atoms with Gasteiger partial charge < -0.3 is 9.64 Å². The van der Waals surface area contributed by atoms with Crippen LogP contribution in [-0.4, -0.2) is 59.9 Å². The van der Waals surface area contributed by atoms with Crippen molar-refractivity contribution in [2.45, 2.75) is 62.3 Å². The summed E-state index contributed by atoms with van der Waals surface area (Å²) in [6.07, 6.45) is -2.42. The molecule has 0 aromatic heterocycles. The van der Waals surface area contributed by atoms with E-state index in [0.29, 0.717) is 25.9 Å². The number of carbonyl (C=O) groups is 3. The molecular formula is C22H25F3N2O4. The summed E-state index contributed by atoms with van der Waals surface area (Å²) >= 11 is 0. The Morgan fingerprint density at radius 1 is 1.23 bits per heavy atom. The van der Waals surface area contributed by atoms with Gasteiger partial charge in [-0.05, 0) is 37.3 Å². The second kappa shape index (κ2) is 7.93. The minimum absolute atomic E-state index is 0.0671. The zero-order valence-corrected chi connectivity index (χ0v) is 17.3. The van der Waals surface area contributed by atoms with Crippen molar-refractivity contribution in [3.8, 4) is 0 Å². The number of alkyl halides is 3. The smallest absolute Gasteiger partial charge is 0.380 e. The fourth-order valence-corrected chi connectivity index (χ4v) is 4.65. The van der Waals surface area contributed by atoms with Gasteiger partial charge in [-0.2, -0.15) is 13.2 Å². The molecule has 9 heteroatoms.